The van der Waals surface area contributed by atoms with E-state index >= 15 is 0 Å². The molecule has 2 atom stereocenters. The Hall–Kier alpha value is -3.77. The highest BCUT2D eigenvalue weighted by Crippen LogP contribution is 2.44. The summed E-state index contributed by atoms with van der Waals surface area (Å²) in [6.45, 7) is -0.424. The number of aliphatic carboxylic acids is 1. The molecule has 2 aromatic rings. The first-order valence-electron chi connectivity index (χ1n) is 9.59. The van der Waals surface area contributed by atoms with Gasteiger partial charge in [0.15, 0.2) is 0 Å². The zero-order chi connectivity index (χ0) is 25.3. The highest BCUT2D eigenvalue weighted by atomic mass is 19.4. The van der Waals surface area contributed by atoms with Crippen molar-refractivity contribution in [3.63, 3.8) is 0 Å². The number of amides is 2. The first-order valence-corrected chi connectivity index (χ1v) is 9.59. The molecule has 13 heteroatoms. The molecule has 182 valence electrons. The van der Waals surface area contributed by atoms with Crippen LogP contribution < -0.4 is 10.6 Å². The van der Waals surface area contributed by atoms with Gasteiger partial charge in [0.05, 0.1) is 0 Å². The number of alkyl carbamates (subject to hydrolysis) is 1. The summed E-state index contributed by atoms with van der Waals surface area (Å²) >= 11 is 0. The van der Waals surface area contributed by atoms with Crippen molar-refractivity contribution in [2.45, 2.75) is 30.4 Å². The second kappa shape index (κ2) is 9.23. The normalized spacial score (nSPS) is 15.0. The van der Waals surface area contributed by atoms with E-state index in [0.717, 1.165) is 27.6 Å². The van der Waals surface area contributed by atoms with E-state index in [4.69, 9.17) is 9.84 Å². The van der Waals surface area contributed by atoms with Gasteiger partial charge >= 0.3 is 24.4 Å². The minimum atomic E-state index is -5.57. The summed E-state index contributed by atoms with van der Waals surface area (Å²) in [4.78, 5) is 34.6. The third-order valence-corrected chi connectivity index (χ3v) is 5.06. The van der Waals surface area contributed by atoms with E-state index in [1.807, 2.05) is 12.1 Å². The summed E-state index contributed by atoms with van der Waals surface area (Å²) in [5.74, 6) is -5.56. The molecule has 0 spiro atoms. The number of hydrogen-bond donors (Lipinski definition) is 3. The first-order chi connectivity index (χ1) is 15.8. The monoisotopic (exact) mass is 490 g/mol. The van der Waals surface area contributed by atoms with Crippen LogP contribution in [0.25, 0.3) is 11.1 Å². The second-order valence-electron chi connectivity index (χ2n) is 7.27. The van der Waals surface area contributed by atoms with Gasteiger partial charge in [-0.1, -0.05) is 48.5 Å². The second-order valence-corrected chi connectivity index (χ2v) is 7.27. The molecular formula is C21H16F6N2O5. The van der Waals surface area contributed by atoms with Crippen LogP contribution in [0.3, 0.4) is 0 Å². The number of ether oxygens (including phenoxy) is 1. The van der Waals surface area contributed by atoms with Crippen LogP contribution in [-0.2, 0) is 14.3 Å². The number of fused-ring (bicyclic) bond motifs is 3. The maximum Gasteiger partial charge on any atom is 0.419 e. The fourth-order valence-corrected chi connectivity index (χ4v) is 3.56. The standard InChI is InChI=1S/C21H16F6N2O5/c22-20(23,24)15(17(30)28-16(18(31)32)21(25,26)27)29-19(33)34-9-14-12-7-3-1-5-10(12)11-6-2-4-8-13(11)14/h1-8,14-16H,9H2,(H,28,30)(H,29,33)(H,31,32). The Morgan fingerprint density at radius 2 is 1.29 bits per heavy atom. The van der Waals surface area contributed by atoms with Gasteiger partial charge in [0.2, 0.25) is 12.1 Å². The molecule has 0 saturated heterocycles. The molecule has 1 aliphatic rings. The van der Waals surface area contributed by atoms with Gasteiger partial charge in [-0.15, -0.1) is 0 Å². The number of benzene rings is 2. The third kappa shape index (κ3) is 5.24. The molecule has 0 radical (unpaired) electrons. The molecule has 0 saturated carbocycles. The number of alkyl halides is 6. The molecule has 2 unspecified atom stereocenters. The van der Waals surface area contributed by atoms with E-state index < -0.39 is 54.9 Å². The van der Waals surface area contributed by atoms with E-state index in [1.54, 1.807) is 36.4 Å². The number of halogens is 6. The Balaban J connectivity index is 1.72. The molecule has 0 aliphatic heterocycles. The molecule has 3 N–H and O–H groups in total. The average Bonchev–Trinajstić information content (AvgIpc) is 3.06. The van der Waals surface area contributed by atoms with Crippen LogP contribution in [-0.4, -0.2) is 54.1 Å². The fraction of sp³-hybridized carbons (Fsp3) is 0.286. The minimum Gasteiger partial charge on any atom is -0.479 e. The van der Waals surface area contributed by atoms with Crippen molar-refractivity contribution in [3.05, 3.63) is 59.7 Å². The molecule has 0 aromatic heterocycles. The van der Waals surface area contributed by atoms with E-state index in [9.17, 15) is 40.7 Å². The van der Waals surface area contributed by atoms with Crippen molar-refractivity contribution >= 4 is 18.0 Å². The number of rotatable bonds is 6. The van der Waals surface area contributed by atoms with Crippen molar-refractivity contribution in [1.82, 2.24) is 10.6 Å². The Morgan fingerprint density at radius 1 is 0.824 bits per heavy atom. The zero-order valence-corrected chi connectivity index (χ0v) is 16.9. The number of carbonyl (C=O) groups is 3. The predicted molar refractivity (Wildman–Crippen MR) is 104 cm³/mol. The summed E-state index contributed by atoms with van der Waals surface area (Å²) in [6, 6.07) is 7.05. The number of hydrogen-bond acceptors (Lipinski definition) is 4. The number of carboxylic acids is 1. The first kappa shape index (κ1) is 24.9. The molecule has 2 amide bonds. The van der Waals surface area contributed by atoms with Gasteiger partial charge in [-0.2, -0.15) is 26.3 Å². The van der Waals surface area contributed by atoms with Crippen LogP contribution in [0.1, 0.15) is 17.0 Å². The highest BCUT2D eigenvalue weighted by Gasteiger charge is 2.52. The van der Waals surface area contributed by atoms with E-state index in [-0.39, 0.29) is 0 Å². The van der Waals surface area contributed by atoms with Gasteiger partial charge in [0.25, 0.3) is 5.91 Å². The summed E-state index contributed by atoms with van der Waals surface area (Å²) in [5, 5.41) is 10.5. The van der Waals surface area contributed by atoms with Crippen LogP contribution in [0, 0.1) is 0 Å². The molecule has 0 fully saturated rings. The van der Waals surface area contributed by atoms with Gasteiger partial charge < -0.3 is 20.5 Å². The average molecular weight is 490 g/mol. The fourth-order valence-electron chi connectivity index (χ4n) is 3.56. The van der Waals surface area contributed by atoms with E-state index in [0.29, 0.717) is 0 Å². The third-order valence-electron chi connectivity index (χ3n) is 5.06. The van der Waals surface area contributed by atoms with Crippen molar-refractivity contribution in [2.24, 2.45) is 0 Å². The Kier molecular flexibility index (Phi) is 6.75. The zero-order valence-electron chi connectivity index (χ0n) is 16.9. The smallest absolute Gasteiger partial charge is 0.419 e. The summed E-state index contributed by atoms with van der Waals surface area (Å²) in [6.07, 6.45) is -12.8. The summed E-state index contributed by atoms with van der Waals surface area (Å²) in [7, 11) is 0. The van der Waals surface area contributed by atoms with Crippen LogP contribution in [0.5, 0.6) is 0 Å². The molecule has 0 heterocycles. The lowest BCUT2D eigenvalue weighted by atomic mass is 9.98. The molecule has 7 nitrogen and oxygen atoms in total. The maximum absolute atomic E-state index is 13.3. The summed E-state index contributed by atoms with van der Waals surface area (Å²) < 4.78 is 82.7. The Labute approximate surface area is 187 Å². The lowest BCUT2D eigenvalue weighted by molar-refractivity contribution is -0.188. The van der Waals surface area contributed by atoms with Crippen LogP contribution in [0.4, 0.5) is 31.1 Å². The Bertz CT molecular complexity index is 1060. The molecule has 34 heavy (non-hydrogen) atoms. The minimum absolute atomic E-state index is 0.424. The van der Waals surface area contributed by atoms with Gasteiger partial charge in [-0.3, -0.25) is 4.79 Å². The SMILES string of the molecule is O=C(NC(C(=O)NC(C(=O)O)C(F)(F)F)C(F)(F)F)OCC1c2ccccc2-c2ccccc21. The number of carbonyl (C=O) groups excluding carboxylic acids is 2. The molecule has 1 aliphatic carbocycles. The maximum atomic E-state index is 13.3. The largest absolute Gasteiger partial charge is 0.479 e. The molecule has 3 rings (SSSR count). The van der Waals surface area contributed by atoms with Crippen LogP contribution in [0.15, 0.2) is 48.5 Å². The number of carboxylic acid groups (broad SMARTS) is 1. The van der Waals surface area contributed by atoms with E-state index in [2.05, 4.69) is 0 Å². The van der Waals surface area contributed by atoms with Crippen molar-refractivity contribution in [3.8, 4) is 11.1 Å². The summed E-state index contributed by atoms with van der Waals surface area (Å²) in [5.41, 5.74) is 3.17. The van der Waals surface area contributed by atoms with Gasteiger partial charge in [-0.05, 0) is 22.3 Å². The lowest BCUT2D eigenvalue weighted by Gasteiger charge is -2.24. The van der Waals surface area contributed by atoms with Crippen LogP contribution >= 0.6 is 0 Å². The topological polar surface area (TPSA) is 105 Å². The molecule has 2 aromatic carbocycles. The quantitative estimate of drug-likeness (QED) is 0.537. The molecular weight excluding hydrogens is 474 g/mol. The Morgan fingerprint density at radius 3 is 1.74 bits per heavy atom. The lowest BCUT2D eigenvalue weighted by Crippen LogP contribution is -2.60. The number of nitrogens with one attached hydrogen (secondary N) is 2. The van der Waals surface area contributed by atoms with Gasteiger partial charge in [-0.25, -0.2) is 9.59 Å². The highest BCUT2D eigenvalue weighted by molar-refractivity contribution is 5.90. The van der Waals surface area contributed by atoms with Crippen molar-refractivity contribution in [2.75, 3.05) is 6.61 Å². The van der Waals surface area contributed by atoms with Gasteiger partial charge in [0, 0.05) is 5.92 Å². The predicted octanol–water partition coefficient (Wildman–Crippen LogP) is 3.59. The molecule has 0 bridgehead atoms. The van der Waals surface area contributed by atoms with Gasteiger partial charge in [0.1, 0.15) is 6.61 Å². The van der Waals surface area contributed by atoms with Crippen LogP contribution in [0.2, 0.25) is 0 Å². The van der Waals surface area contributed by atoms with Crippen molar-refractivity contribution < 1.29 is 50.6 Å². The van der Waals surface area contributed by atoms with Crippen molar-refractivity contribution in [1.29, 1.82) is 0 Å². The van der Waals surface area contributed by atoms with E-state index in [1.165, 1.54) is 5.32 Å².